The zero-order chi connectivity index (χ0) is 11.4. The highest BCUT2D eigenvalue weighted by atomic mass is 79.9. The van der Waals surface area contributed by atoms with Gasteiger partial charge in [0, 0.05) is 5.33 Å². The number of para-hydroxylation sites is 1. The molecule has 0 heterocycles. The van der Waals surface area contributed by atoms with Crippen molar-refractivity contribution in [2.75, 3.05) is 0 Å². The SMILES string of the molecule is Fc1ccccc1Oc1ccc(CBr)cc1. The highest BCUT2D eigenvalue weighted by Gasteiger charge is 2.02. The summed E-state index contributed by atoms with van der Waals surface area (Å²) in [6.07, 6.45) is 0. The molecule has 0 bridgehead atoms. The van der Waals surface area contributed by atoms with Crippen molar-refractivity contribution in [1.82, 2.24) is 0 Å². The molecular weight excluding hydrogens is 271 g/mol. The van der Waals surface area contributed by atoms with Gasteiger partial charge in [-0.25, -0.2) is 4.39 Å². The van der Waals surface area contributed by atoms with Crippen LogP contribution in [-0.2, 0) is 5.33 Å². The standard InChI is InChI=1S/C13H10BrFO/c14-9-10-5-7-11(8-6-10)16-13-4-2-1-3-12(13)15/h1-8H,9H2. The predicted octanol–water partition coefficient (Wildman–Crippen LogP) is 4.51. The topological polar surface area (TPSA) is 9.23 Å². The lowest BCUT2D eigenvalue weighted by Crippen LogP contribution is -1.87. The van der Waals surface area contributed by atoms with Crippen LogP contribution in [0, 0.1) is 5.82 Å². The Kier molecular flexibility index (Phi) is 3.57. The molecule has 2 rings (SSSR count). The van der Waals surface area contributed by atoms with E-state index in [-0.39, 0.29) is 11.6 Å². The van der Waals surface area contributed by atoms with Gasteiger partial charge >= 0.3 is 0 Å². The molecule has 16 heavy (non-hydrogen) atoms. The van der Waals surface area contributed by atoms with E-state index in [1.165, 1.54) is 6.07 Å². The summed E-state index contributed by atoms with van der Waals surface area (Å²) in [6, 6.07) is 13.9. The van der Waals surface area contributed by atoms with E-state index >= 15 is 0 Å². The van der Waals surface area contributed by atoms with E-state index in [4.69, 9.17) is 4.74 Å². The zero-order valence-corrected chi connectivity index (χ0v) is 10.1. The van der Waals surface area contributed by atoms with Gasteiger partial charge in [0.25, 0.3) is 0 Å². The molecule has 0 saturated heterocycles. The Bertz CT molecular complexity index is 468. The number of benzene rings is 2. The van der Waals surface area contributed by atoms with Crippen molar-refractivity contribution in [3.8, 4) is 11.5 Å². The fourth-order valence-electron chi connectivity index (χ4n) is 1.30. The normalized spacial score (nSPS) is 10.1. The summed E-state index contributed by atoms with van der Waals surface area (Å²) in [7, 11) is 0. The van der Waals surface area contributed by atoms with Crippen LogP contribution in [0.4, 0.5) is 4.39 Å². The van der Waals surface area contributed by atoms with Gasteiger partial charge in [0.1, 0.15) is 5.75 Å². The van der Waals surface area contributed by atoms with Crippen molar-refractivity contribution in [2.24, 2.45) is 0 Å². The third-order valence-electron chi connectivity index (χ3n) is 2.14. The van der Waals surface area contributed by atoms with Gasteiger partial charge in [0.05, 0.1) is 0 Å². The van der Waals surface area contributed by atoms with Crippen LogP contribution >= 0.6 is 15.9 Å². The summed E-state index contributed by atoms with van der Waals surface area (Å²) >= 11 is 3.36. The number of hydrogen-bond donors (Lipinski definition) is 0. The van der Waals surface area contributed by atoms with Gasteiger partial charge in [-0.3, -0.25) is 0 Å². The Morgan fingerprint density at radius 1 is 1.00 bits per heavy atom. The van der Waals surface area contributed by atoms with Crippen molar-refractivity contribution in [2.45, 2.75) is 5.33 Å². The molecular formula is C13H10BrFO. The smallest absolute Gasteiger partial charge is 0.165 e. The molecule has 3 heteroatoms. The van der Waals surface area contributed by atoms with E-state index in [0.29, 0.717) is 5.75 Å². The molecule has 0 atom stereocenters. The first-order valence-electron chi connectivity index (χ1n) is 4.87. The minimum atomic E-state index is -0.355. The Morgan fingerprint density at radius 2 is 1.69 bits per heavy atom. The van der Waals surface area contributed by atoms with Crippen LogP contribution in [-0.4, -0.2) is 0 Å². The Morgan fingerprint density at radius 3 is 2.31 bits per heavy atom. The molecule has 1 nitrogen and oxygen atoms in total. The highest BCUT2D eigenvalue weighted by molar-refractivity contribution is 9.08. The third-order valence-corrected chi connectivity index (χ3v) is 2.79. The molecule has 0 aliphatic rings. The van der Waals surface area contributed by atoms with Gasteiger partial charge < -0.3 is 4.74 Å². The van der Waals surface area contributed by atoms with E-state index < -0.39 is 0 Å². The molecule has 0 radical (unpaired) electrons. The van der Waals surface area contributed by atoms with Crippen LogP contribution < -0.4 is 4.74 Å². The zero-order valence-electron chi connectivity index (χ0n) is 8.49. The van der Waals surface area contributed by atoms with E-state index in [9.17, 15) is 4.39 Å². The maximum Gasteiger partial charge on any atom is 0.165 e. The van der Waals surface area contributed by atoms with Crippen LogP contribution in [0.2, 0.25) is 0 Å². The number of ether oxygens (including phenoxy) is 1. The molecule has 0 saturated carbocycles. The molecule has 0 aliphatic carbocycles. The average molecular weight is 281 g/mol. The second kappa shape index (κ2) is 5.12. The van der Waals surface area contributed by atoms with Crippen molar-refractivity contribution >= 4 is 15.9 Å². The van der Waals surface area contributed by atoms with Crippen LogP contribution in [0.5, 0.6) is 11.5 Å². The third kappa shape index (κ3) is 2.61. The van der Waals surface area contributed by atoms with E-state index in [1.54, 1.807) is 18.2 Å². The largest absolute Gasteiger partial charge is 0.454 e. The molecule has 0 fully saturated rings. The molecule has 82 valence electrons. The monoisotopic (exact) mass is 280 g/mol. The summed E-state index contributed by atoms with van der Waals surface area (Å²) in [6.45, 7) is 0. The summed E-state index contributed by atoms with van der Waals surface area (Å²) in [5.74, 6) is 0.524. The van der Waals surface area contributed by atoms with Gasteiger partial charge in [-0.2, -0.15) is 0 Å². The van der Waals surface area contributed by atoms with Gasteiger partial charge in [0.15, 0.2) is 11.6 Å². The minimum Gasteiger partial charge on any atom is -0.454 e. The highest BCUT2D eigenvalue weighted by Crippen LogP contribution is 2.24. The van der Waals surface area contributed by atoms with Gasteiger partial charge in [0.2, 0.25) is 0 Å². The first-order chi connectivity index (χ1) is 7.79. The minimum absolute atomic E-state index is 0.245. The lowest BCUT2D eigenvalue weighted by Gasteiger charge is -2.06. The molecule has 0 amide bonds. The van der Waals surface area contributed by atoms with Gasteiger partial charge in [-0.1, -0.05) is 40.2 Å². The average Bonchev–Trinajstić information content (AvgIpc) is 2.33. The molecule has 0 unspecified atom stereocenters. The summed E-state index contributed by atoms with van der Waals surface area (Å²) < 4.78 is 18.7. The Balaban J connectivity index is 2.18. The van der Waals surface area contributed by atoms with Crippen LogP contribution in [0.3, 0.4) is 0 Å². The maximum absolute atomic E-state index is 13.3. The van der Waals surface area contributed by atoms with Crippen molar-refractivity contribution in [1.29, 1.82) is 0 Å². The van der Waals surface area contributed by atoms with Gasteiger partial charge in [-0.15, -0.1) is 0 Å². The van der Waals surface area contributed by atoms with Crippen molar-refractivity contribution in [3.63, 3.8) is 0 Å². The van der Waals surface area contributed by atoms with Crippen molar-refractivity contribution in [3.05, 3.63) is 59.9 Å². The number of hydrogen-bond acceptors (Lipinski definition) is 1. The number of rotatable bonds is 3. The molecule has 2 aromatic rings. The van der Waals surface area contributed by atoms with E-state index in [1.807, 2.05) is 24.3 Å². The molecule has 0 spiro atoms. The predicted molar refractivity (Wildman–Crippen MR) is 65.5 cm³/mol. The lowest BCUT2D eigenvalue weighted by molar-refractivity contribution is 0.442. The molecule has 2 aromatic carbocycles. The molecule has 0 aliphatic heterocycles. The van der Waals surface area contributed by atoms with Crippen LogP contribution in [0.1, 0.15) is 5.56 Å². The van der Waals surface area contributed by atoms with Crippen molar-refractivity contribution < 1.29 is 9.13 Å². The first-order valence-corrected chi connectivity index (χ1v) is 5.99. The lowest BCUT2D eigenvalue weighted by atomic mass is 10.2. The van der Waals surface area contributed by atoms with E-state index in [2.05, 4.69) is 15.9 Å². The van der Waals surface area contributed by atoms with Gasteiger partial charge in [-0.05, 0) is 29.8 Å². The maximum atomic E-state index is 13.3. The Hall–Kier alpha value is -1.35. The summed E-state index contributed by atoms with van der Waals surface area (Å²) in [5.41, 5.74) is 1.15. The van der Waals surface area contributed by atoms with Crippen LogP contribution in [0.15, 0.2) is 48.5 Å². The number of alkyl halides is 1. The Labute approximate surface area is 102 Å². The summed E-state index contributed by atoms with van der Waals surface area (Å²) in [5, 5.41) is 0.799. The quantitative estimate of drug-likeness (QED) is 0.752. The second-order valence-corrected chi connectivity index (χ2v) is 3.87. The fraction of sp³-hybridized carbons (Fsp3) is 0.0769. The molecule has 0 N–H and O–H groups in total. The van der Waals surface area contributed by atoms with Crippen LogP contribution in [0.25, 0.3) is 0 Å². The molecule has 0 aromatic heterocycles. The first kappa shape index (κ1) is 11.1. The second-order valence-electron chi connectivity index (χ2n) is 3.31. The summed E-state index contributed by atoms with van der Waals surface area (Å²) in [4.78, 5) is 0. The number of halogens is 2. The van der Waals surface area contributed by atoms with E-state index in [0.717, 1.165) is 10.9 Å². The fourth-order valence-corrected chi connectivity index (χ4v) is 1.67.